The summed E-state index contributed by atoms with van der Waals surface area (Å²) < 4.78 is 0. The van der Waals surface area contributed by atoms with Crippen molar-refractivity contribution in [3.63, 3.8) is 0 Å². The highest BCUT2D eigenvalue weighted by Crippen LogP contribution is 2.12. The molecule has 2 heterocycles. The van der Waals surface area contributed by atoms with E-state index < -0.39 is 5.60 Å². The maximum absolute atomic E-state index is 12.3. The summed E-state index contributed by atoms with van der Waals surface area (Å²) >= 11 is 5.81. The van der Waals surface area contributed by atoms with Gasteiger partial charge in [0.15, 0.2) is 0 Å². The summed E-state index contributed by atoms with van der Waals surface area (Å²) in [5.74, 6) is -0.0876. The highest BCUT2D eigenvalue weighted by molar-refractivity contribution is 6.29. The Bertz CT molecular complexity index is 480. The quantitative estimate of drug-likeness (QED) is 0.854. The molecule has 5 nitrogen and oxygen atoms in total. The van der Waals surface area contributed by atoms with E-state index in [0.29, 0.717) is 30.5 Å². The summed E-state index contributed by atoms with van der Waals surface area (Å²) in [4.78, 5) is 20.3. The number of hydrogen-bond donors (Lipinski definition) is 1. The van der Waals surface area contributed by atoms with Crippen molar-refractivity contribution in [1.82, 2.24) is 14.8 Å². The van der Waals surface area contributed by atoms with Crippen molar-refractivity contribution >= 4 is 17.5 Å². The van der Waals surface area contributed by atoms with Gasteiger partial charge in [-0.15, -0.1) is 0 Å². The molecule has 1 aliphatic heterocycles. The molecule has 1 amide bonds. The van der Waals surface area contributed by atoms with E-state index in [2.05, 4.69) is 9.88 Å². The van der Waals surface area contributed by atoms with Crippen LogP contribution < -0.4 is 0 Å². The summed E-state index contributed by atoms with van der Waals surface area (Å²) in [7, 11) is 0. The molecule has 1 N–H and O–H groups in total. The van der Waals surface area contributed by atoms with Crippen molar-refractivity contribution in [2.75, 3.05) is 32.7 Å². The van der Waals surface area contributed by atoms with Gasteiger partial charge in [0, 0.05) is 32.7 Å². The topological polar surface area (TPSA) is 56.7 Å². The van der Waals surface area contributed by atoms with Gasteiger partial charge in [0.1, 0.15) is 10.8 Å². The van der Waals surface area contributed by atoms with Crippen molar-refractivity contribution in [2.45, 2.75) is 19.4 Å². The van der Waals surface area contributed by atoms with Crippen molar-refractivity contribution in [2.24, 2.45) is 0 Å². The zero-order chi connectivity index (χ0) is 14.8. The van der Waals surface area contributed by atoms with Crippen molar-refractivity contribution < 1.29 is 9.90 Å². The van der Waals surface area contributed by atoms with Crippen LogP contribution in [0.4, 0.5) is 0 Å². The number of rotatable bonds is 3. The van der Waals surface area contributed by atoms with Crippen molar-refractivity contribution in [3.8, 4) is 0 Å². The molecule has 0 radical (unpaired) electrons. The second-order valence-electron chi connectivity index (χ2n) is 5.73. The highest BCUT2D eigenvalue weighted by atomic mass is 35.5. The smallest absolute Gasteiger partial charge is 0.272 e. The Balaban J connectivity index is 1.92. The number of carbonyl (C=O) groups excluding carboxylic acids is 1. The molecule has 2 rings (SSSR count). The Hall–Kier alpha value is -1.17. The van der Waals surface area contributed by atoms with Crippen molar-refractivity contribution in [1.29, 1.82) is 0 Å². The minimum atomic E-state index is -0.708. The van der Waals surface area contributed by atoms with Gasteiger partial charge in [0.05, 0.1) is 5.60 Å². The predicted molar refractivity (Wildman–Crippen MR) is 77.9 cm³/mol. The number of aromatic nitrogens is 1. The third-order valence-electron chi connectivity index (χ3n) is 3.20. The molecule has 0 bridgehead atoms. The normalized spacial score (nSPS) is 17.3. The van der Waals surface area contributed by atoms with Crippen LogP contribution in [0.5, 0.6) is 0 Å². The number of nitrogens with zero attached hydrogens (tertiary/aromatic N) is 3. The third-order valence-corrected chi connectivity index (χ3v) is 3.41. The predicted octanol–water partition coefficient (Wildman–Crippen LogP) is 1.26. The number of aliphatic hydroxyl groups is 1. The molecule has 6 heteroatoms. The van der Waals surface area contributed by atoms with E-state index in [1.54, 1.807) is 36.9 Å². The lowest BCUT2D eigenvalue weighted by Crippen LogP contribution is -2.52. The second kappa shape index (κ2) is 6.08. The van der Waals surface area contributed by atoms with Crippen LogP contribution in [0.1, 0.15) is 24.3 Å². The van der Waals surface area contributed by atoms with Crippen LogP contribution in [0.3, 0.4) is 0 Å². The number of halogens is 1. The summed E-state index contributed by atoms with van der Waals surface area (Å²) in [6.45, 7) is 7.00. The molecule has 0 atom stereocenters. The van der Waals surface area contributed by atoms with Gasteiger partial charge in [-0.2, -0.15) is 0 Å². The largest absolute Gasteiger partial charge is 0.389 e. The molecule has 1 saturated heterocycles. The molecule has 0 spiro atoms. The van der Waals surface area contributed by atoms with E-state index in [1.165, 1.54) is 0 Å². The number of carbonyl (C=O) groups is 1. The molecule has 0 aliphatic carbocycles. The standard InChI is InChI=1S/C14H20ClN3O2/c1-14(2,20)10-17-6-8-18(9-7-17)13(19)11-4-3-5-12(15)16-11/h3-5,20H,6-10H2,1-2H3. The Morgan fingerprint density at radius 1 is 1.35 bits per heavy atom. The first-order valence-corrected chi connectivity index (χ1v) is 7.09. The van der Waals surface area contributed by atoms with Gasteiger partial charge in [0.25, 0.3) is 5.91 Å². The number of pyridine rings is 1. The highest BCUT2D eigenvalue weighted by Gasteiger charge is 2.26. The van der Waals surface area contributed by atoms with E-state index in [4.69, 9.17) is 11.6 Å². The summed E-state index contributed by atoms with van der Waals surface area (Å²) in [5.41, 5.74) is -0.325. The summed E-state index contributed by atoms with van der Waals surface area (Å²) in [6.07, 6.45) is 0. The zero-order valence-electron chi connectivity index (χ0n) is 11.8. The molecule has 1 fully saturated rings. The lowest BCUT2D eigenvalue weighted by molar-refractivity contribution is 0.0177. The minimum absolute atomic E-state index is 0.0876. The molecule has 110 valence electrons. The monoisotopic (exact) mass is 297 g/mol. The molecule has 20 heavy (non-hydrogen) atoms. The van der Waals surface area contributed by atoms with E-state index in [1.807, 2.05) is 0 Å². The molecular formula is C14H20ClN3O2. The van der Waals surface area contributed by atoms with Crippen LogP contribution in [-0.2, 0) is 0 Å². The second-order valence-corrected chi connectivity index (χ2v) is 6.11. The van der Waals surface area contributed by atoms with Gasteiger partial charge in [-0.25, -0.2) is 4.98 Å². The zero-order valence-corrected chi connectivity index (χ0v) is 12.6. The molecule has 1 aromatic rings. The van der Waals surface area contributed by atoms with Crippen molar-refractivity contribution in [3.05, 3.63) is 29.0 Å². The van der Waals surface area contributed by atoms with E-state index in [0.717, 1.165) is 13.1 Å². The molecule has 1 aliphatic rings. The van der Waals surface area contributed by atoms with Gasteiger partial charge in [0.2, 0.25) is 0 Å². The molecule has 0 saturated carbocycles. The van der Waals surface area contributed by atoms with Gasteiger partial charge in [-0.05, 0) is 26.0 Å². The van der Waals surface area contributed by atoms with E-state index in [-0.39, 0.29) is 5.91 Å². The molecule has 0 unspecified atom stereocenters. The summed E-state index contributed by atoms with van der Waals surface area (Å²) in [6, 6.07) is 5.06. The number of hydrogen-bond acceptors (Lipinski definition) is 4. The lowest BCUT2D eigenvalue weighted by atomic mass is 10.1. The van der Waals surface area contributed by atoms with Crippen LogP contribution in [0.2, 0.25) is 5.15 Å². The average molecular weight is 298 g/mol. The molecular weight excluding hydrogens is 278 g/mol. The number of amides is 1. The first kappa shape index (κ1) is 15.2. The fourth-order valence-corrected chi connectivity index (χ4v) is 2.51. The fraction of sp³-hybridized carbons (Fsp3) is 0.571. The Labute approximate surface area is 124 Å². The van der Waals surface area contributed by atoms with Crippen LogP contribution in [0, 0.1) is 0 Å². The maximum atomic E-state index is 12.3. The summed E-state index contributed by atoms with van der Waals surface area (Å²) in [5, 5.41) is 10.1. The van der Waals surface area contributed by atoms with Crippen LogP contribution >= 0.6 is 11.6 Å². The fourth-order valence-electron chi connectivity index (χ4n) is 2.35. The lowest BCUT2D eigenvalue weighted by Gasteiger charge is -2.37. The Kier molecular flexibility index (Phi) is 4.62. The average Bonchev–Trinajstić information content (AvgIpc) is 2.37. The van der Waals surface area contributed by atoms with Gasteiger partial charge in [-0.3, -0.25) is 9.69 Å². The minimum Gasteiger partial charge on any atom is -0.389 e. The first-order chi connectivity index (χ1) is 9.35. The van der Waals surface area contributed by atoms with Crippen LogP contribution in [-0.4, -0.2) is 64.1 Å². The number of piperazine rings is 1. The Morgan fingerprint density at radius 3 is 2.55 bits per heavy atom. The SMILES string of the molecule is CC(C)(O)CN1CCN(C(=O)c2cccc(Cl)n2)CC1. The van der Waals surface area contributed by atoms with E-state index >= 15 is 0 Å². The van der Waals surface area contributed by atoms with Crippen LogP contribution in [0.25, 0.3) is 0 Å². The Morgan fingerprint density at radius 2 is 2.00 bits per heavy atom. The molecule has 1 aromatic heterocycles. The maximum Gasteiger partial charge on any atom is 0.272 e. The van der Waals surface area contributed by atoms with Crippen LogP contribution in [0.15, 0.2) is 18.2 Å². The van der Waals surface area contributed by atoms with Gasteiger partial charge in [-0.1, -0.05) is 17.7 Å². The van der Waals surface area contributed by atoms with Gasteiger partial charge < -0.3 is 10.0 Å². The third kappa shape index (κ3) is 4.16. The van der Waals surface area contributed by atoms with E-state index in [9.17, 15) is 9.90 Å². The number of β-amino-alcohol motifs (C(OH)–C–C–N with tert-alkyl or cyclic N) is 1. The first-order valence-electron chi connectivity index (χ1n) is 6.72. The molecule has 0 aromatic carbocycles. The van der Waals surface area contributed by atoms with Gasteiger partial charge >= 0.3 is 0 Å².